The van der Waals surface area contributed by atoms with Crippen molar-refractivity contribution in [1.29, 1.82) is 0 Å². The first kappa shape index (κ1) is 14.7. The zero-order valence-corrected chi connectivity index (χ0v) is 11.0. The predicted molar refractivity (Wildman–Crippen MR) is 70.2 cm³/mol. The maximum absolute atomic E-state index is 12.8. The third-order valence-electron chi connectivity index (χ3n) is 3.50. The van der Waals surface area contributed by atoms with Gasteiger partial charge in [-0.25, -0.2) is 0 Å². The van der Waals surface area contributed by atoms with Crippen LogP contribution in [0, 0.1) is 0 Å². The summed E-state index contributed by atoms with van der Waals surface area (Å²) in [6.45, 7) is 1.20. The number of carbonyl (C=O) groups excluding carboxylic acids is 1. The van der Waals surface area contributed by atoms with Gasteiger partial charge >= 0.3 is 6.18 Å². The number of amides is 1. The molecule has 2 N–H and O–H groups in total. The second-order valence-electron chi connectivity index (χ2n) is 5.01. The summed E-state index contributed by atoms with van der Waals surface area (Å²) < 4.78 is 38.4. The van der Waals surface area contributed by atoms with E-state index in [0.717, 1.165) is 37.8 Å². The molecule has 0 atom stereocenters. The van der Waals surface area contributed by atoms with Crippen LogP contribution >= 0.6 is 0 Å². The van der Waals surface area contributed by atoms with Crippen molar-refractivity contribution in [3.8, 4) is 0 Å². The van der Waals surface area contributed by atoms with Gasteiger partial charge in [0.25, 0.3) is 5.91 Å². The van der Waals surface area contributed by atoms with Crippen LogP contribution in [0.3, 0.4) is 0 Å². The second-order valence-corrected chi connectivity index (χ2v) is 5.01. The molecule has 1 aromatic carbocycles. The summed E-state index contributed by atoms with van der Waals surface area (Å²) in [6, 6.07) is 3.36. The molecule has 110 valence electrons. The van der Waals surface area contributed by atoms with Crippen LogP contribution in [0.5, 0.6) is 0 Å². The van der Waals surface area contributed by atoms with Crippen LogP contribution in [0.2, 0.25) is 0 Å². The summed E-state index contributed by atoms with van der Waals surface area (Å²) in [7, 11) is 0. The molecule has 1 saturated heterocycles. The minimum Gasteiger partial charge on any atom is -0.398 e. The molecule has 1 aliphatic rings. The van der Waals surface area contributed by atoms with Gasteiger partial charge in [0.15, 0.2) is 0 Å². The number of alkyl halides is 3. The van der Waals surface area contributed by atoms with Gasteiger partial charge in [0.05, 0.1) is 5.56 Å². The Morgan fingerprint density at radius 1 is 1.10 bits per heavy atom. The molecule has 0 saturated carbocycles. The molecule has 1 aromatic rings. The van der Waals surface area contributed by atoms with Crippen molar-refractivity contribution < 1.29 is 18.0 Å². The molecular weight excluding hydrogens is 269 g/mol. The number of nitrogens with zero attached hydrogens (tertiary/aromatic N) is 1. The van der Waals surface area contributed by atoms with Crippen molar-refractivity contribution in [3.05, 3.63) is 29.3 Å². The van der Waals surface area contributed by atoms with E-state index >= 15 is 0 Å². The van der Waals surface area contributed by atoms with E-state index in [1.54, 1.807) is 4.90 Å². The fraction of sp³-hybridized carbons (Fsp3) is 0.500. The molecule has 6 heteroatoms. The van der Waals surface area contributed by atoms with E-state index in [1.807, 2.05) is 0 Å². The van der Waals surface area contributed by atoms with Crippen molar-refractivity contribution in [2.75, 3.05) is 18.8 Å². The lowest BCUT2D eigenvalue weighted by Crippen LogP contribution is -2.32. The second kappa shape index (κ2) is 5.73. The molecular formula is C14H17F3N2O. The first-order chi connectivity index (χ1) is 9.39. The van der Waals surface area contributed by atoms with E-state index < -0.39 is 11.7 Å². The topological polar surface area (TPSA) is 46.3 Å². The number of nitrogen functional groups attached to an aromatic ring is 1. The first-order valence-corrected chi connectivity index (χ1v) is 6.65. The Morgan fingerprint density at radius 2 is 1.70 bits per heavy atom. The molecule has 0 bridgehead atoms. The molecule has 1 amide bonds. The molecule has 0 aliphatic carbocycles. The van der Waals surface area contributed by atoms with Gasteiger partial charge in [-0.15, -0.1) is 0 Å². The number of hydrogen-bond acceptors (Lipinski definition) is 2. The number of benzene rings is 1. The largest absolute Gasteiger partial charge is 0.418 e. The standard InChI is InChI=1S/C14H17F3N2O/c15-14(16,17)11-9-10(5-6-12(11)18)13(20)19-7-3-1-2-4-8-19/h5-6,9H,1-4,7-8,18H2. The van der Waals surface area contributed by atoms with E-state index in [2.05, 4.69) is 0 Å². The number of likely N-dealkylation sites (tertiary alicyclic amines) is 1. The van der Waals surface area contributed by atoms with Gasteiger partial charge in [-0.3, -0.25) is 4.79 Å². The van der Waals surface area contributed by atoms with Crippen molar-refractivity contribution >= 4 is 11.6 Å². The zero-order chi connectivity index (χ0) is 14.8. The highest BCUT2D eigenvalue weighted by Gasteiger charge is 2.34. The van der Waals surface area contributed by atoms with Crippen molar-refractivity contribution in [1.82, 2.24) is 4.90 Å². The summed E-state index contributed by atoms with van der Waals surface area (Å²) in [4.78, 5) is 13.9. The SMILES string of the molecule is Nc1ccc(C(=O)N2CCCCCC2)cc1C(F)(F)F. The maximum atomic E-state index is 12.8. The Kier molecular flexibility index (Phi) is 4.20. The van der Waals surface area contributed by atoms with Crippen LogP contribution in [0.1, 0.15) is 41.6 Å². The summed E-state index contributed by atoms with van der Waals surface area (Å²) in [5.74, 6) is -0.350. The summed E-state index contributed by atoms with van der Waals surface area (Å²) in [5.41, 5.74) is 4.08. The van der Waals surface area contributed by atoms with Crippen LogP contribution in [-0.2, 0) is 6.18 Å². The van der Waals surface area contributed by atoms with E-state index in [0.29, 0.717) is 13.1 Å². The van der Waals surface area contributed by atoms with Crippen molar-refractivity contribution in [3.63, 3.8) is 0 Å². The average molecular weight is 286 g/mol. The highest BCUT2D eigenvalue weighted by atomic mass is 19.4. The molecule has 1 heterocycles. The monoisotopic (exact) mass is 286 g/mol. The normalized spacial score (nSPS) is 16.9. The quantitative estimate of drug-likeness (QED) is 0.805. The predicted octanol–water partition coefficient (Wildman–Crippen LogP) is 3.30. The third kappa shape index (κ3) is 3.23. The lowest BCUT2D eigenvalue weighted by atomic mass is 10.1. The number of halogens is 3. The van der Waals surface area contributed by atoms with Crippen molar-refractivity contribution in [2.45, 2.75) is 31.9 Å². The zero-order valence-electron chi connectivity index (χ0n) is 11.0. The van der Waals surface area contributed by atoms with Gasteiger partial charge < -0.3 is 10.6 Å². The Hall–Kier alpha value is -1.72. The van der Waals surface area contributed by atoms with Gasteiger partial charge in [0.2, 0.25) is 0 Å². The molecule has 0 unspecified atom stereocenters. The van der Waals surface area contributed by atoms with Gasteiger partial charge in [-0.2, -0.15) is 13.2 Å². The number of rotatable bonds is 1. The summed E-state index contributed by atoms with van der Waals surface area (Å²) >= 11 is 0. The minimum absolute atomic E-state index is 0.0495. The van der Waals surface area contributed by atoms with Gasteiger partial charge in [-0.1, -0.05) is 12.8 Å². The molecule has 1 aliphatic heterocycles. The lowest BCUT2D eigenvalue weighted by molar-refractivity contribution is -0.136. The number of carbonyl (C=O) groups is 1. The Morgan fingerprint density at radius 3 is 2.25 bits per heavy atom. The summed E-state index contributed by atoms with van der Waals surface area (Å²) in [6.07, 6.45) is -0.641. The van der Waals surface area contributed by atoms with Gasteiger partial charge in [0.1, 0.15) is 0 Å². The van der Waals surface area contributed by atoms with Gasteiger partial charge in [-0.05, 0) is 31.0 Å². The Bertz CT molecular complexity index is 492. The molecule has 20 heavy (non-hydrogen) atoms. The molecule has 1 fully saturated rings. The summed E-state index contributed by atoms with van der Waals surface area (Å²) in [5, 5.41) is 0. The van der Waals surface area contributed by atoms with E-state index in [-0.39, 0.29) is 17.2 Å². The molecule has 0 radical (unpaired) electrons. The fourth-order valence-electron chi connectivity index (χ4n) is 2.39. The molecule has 0 spiro atoms. The number of nitrogens with two attached hydrogens (primary N) is 1. The van der Waals surface area contributed by atoms with Crippen LogP contribution in [0.25, 0.3) is 0 Å². The minimum atomic E-state index is -4.54. The Balaban J connectivity index is 2.26. The molecule has 0 aromatic heterocycles. The number of hydrogen-bond donors (Lipinski definition) is 1. The van der Waals surface area contributed by atoms with Crippen LogP contribution in [-0.4, -0.2) is 23.9 Å². The van der Waals surface area contributed by atoms with Gasteiger partial charge in [0, 0.05) is 24.3 Å². The average Bonchev–Trinajstić information content (AvgIpc) is 2.66. The van der Waals surface area contributed by atoms with E-state index in [4.69, 9.17) is 5.73 Å². The van der Waals surface area contributed by atoms with E-state index in [9.17, 15) is 18.0 Å². The fourth-order valence-corrected chi connectivity index (χ4v) is 2.39. The lowest BCUT2D eigenvalue weighted by Gasteiger charge is -2.21. The third-order valence-corrected chi connectivity index (χ3v) is 3.50. The van der Waals surface area contributed by atoms with Crippen LogP contribution in [0.15, 0.2) is 18.2 Å². The maximum Gasteiger partial charge on any atom is 0.418 e. The van der Waals surface area contributed by atoms with Crippen LogP contribution < -0.4 is 5.73 Å². The first-order valence-electron chi connectivity index (χ1n) is 6.65. The smallest absolute Gasteiger partial charge is 0.398 e. The van der Waals surface area contributed by atoms with Crippen molar-refractivity contribution in [2.24, 2.45) is 0 Å². The molecule has 3 nitrogen and oxygen atoms in total. The highest BCUT2D eigenvalue weighted by molar-refractivity contribution is 5.95. The molecule has 2 rings (SSSR count). The Labute approximate surface area is 115 Å². The van der Waals surface area contributed by atoms with E-state index in [1.165, 1.54) is 6.07 Å². The van der Waals surface area contributed by atoms with Crippen LogP contribution in [0.4, 0.5) is 18.9 Å². The number of anilines is 1. The highest BCUT2D eigenvalue weighted by Crippen LogP contribution is 2.34.